The number of fused-ring (bicyclic) bond motifs is 1. The quantitative estimate of drug-likeness (QED) is 0.615. The van der Waals surface area contributed by atoms with Gasteiger partial charge >= 0.3 is 0 Å². The van der Waals surface area contributed by atoms with E-state index in [9.17, 15) is 0 Å². The van der Waals surface area contributed by atoms with Crippen molar-refractivity contribution in [3.05, 3.63) is 28.5 Å². The molecule has 0 fully saturated rings. The molecule has 0 bridgehead atoms. The molecule has 0 saturated heterocycles. The highest BCUT2D eigenvalue weighted by Gasteiger charge is 2.00. The second kappa shape index (κ2) is 2.45. The average molecular weight is 178 g/mol. The molecule has 2 rings (SSSR count). The van der Waals surface area contributed by atoms with Gasteiger partial charge in [-0.15, -0.1) is 0 Å². The molecule has 3 heteroatoms. The molecule has 0 atom stereocenters. The van der Waals surface area contributed by atoms with E-state index in [1.807, 2.05) is 17.7 Å². The van der Waals surface area contributed by atoms with Crippen LogP contribution in [0.1, 0.15) is 5.56 Å². The van der Waals surface area contributed by atoms with Gasteiger partial charge in [-0.1, -0.05) is 12.1 Å². The maximum absolute atomic E-state index is 5.12. The third-order valence-corrected chi connectivity index (χ3v) is 2.52. The molecule has 1 N–H and O–H groups in total. The van der Waals surface area contributed by atoms with Gasteiger partial charge in [0.05, 0.1) is 11.0 Å². The summed E-state index contributed by atoms with van der Waals surface area (Å²) in [6.45, 7) is 2.08. The number of aryl methyl sites for hydroxylation is 2. The minimum Gasteiger partial charge on any atom is -0.330 e. The Balaban J connectivity index is 3.05. The smallest absolute Gasteiger partial charge is 0.177 e. The fourth-order valence-corrected chi connectivity index (χ4v) is 1.59. The number of para-hydroxylation sites is 1. The van der Waals surface area contributed by atoms with Crippen molar-refractivity contribution < 1.29 is 0 Å². The van der Waals surface area contributed by atoms with Crippen LogP contribution in [0.4, 0.5) is 0 Å². The summed E-state index contributed by atoms with van der Waals surface area (Å²) in [6, 6.07) is 6.18. The van der Waals surface area contributed by atoms with E-state index in [0.717, 1.165) is 10.3 Å². The fraction of sp³-hybridized carbons (Fsp3) is 0.222. The van der Waals surface area contributed by atoms with Gasteiger partial charge in [0.15, 0.2) is 4.77 Å². The molecule has 2 aromatic rings. The van der Waals surface area contributed by atoms with Crippen LogP contribution in [0.2, 0.25) is 0 Å². The van der Waals surface area contributed by atoms with E-state index in [0.29, 0.717) is 0 Å². The van der Waals surface area contributed by atoms with E-state index in [4.69, 9.17) is 12.2 Å². The van der Waals surface area contributed by atoms with Gasteiger partial charge in [0.25, 0.3) is 0 Å². The van der Waals surface area contributed by atoms with Gasteiger partial charge in [-0.2, -0.15) is 0 Å². The molecule has 2 nitrogen and oxygen atoms in total. The summed E-state index contributed by atoms with van der Waals surface area (Å²) >= 11 is 5.12. The number of imidazole rings is 1. The van der Waals surface area contributed by atoms with E-state index >= 15 is 0 Å². The van der Waals surface area contributed by atoms with Gasteiger partial charge in [0.1, 0.15) is 0 Å². The number of hydrogen-bond donors (Lipinski definition) is 1. The van der Waals surface area contributed by atoms with Crippen LogP contribution < -0.4 is 0 Å². The first kappa shape index (κ1) is 7.55. The lowest BCUT2D eigenvalue weighted by Crippen LogP contribution is -1.85. The molecule has 0 radical (unpaired) electrons. The second-order valence-electron chi connectivity index (χ2n) is 2.96. The molecule has 0 aliphatic rings. The van der Waals surface area contributed by atoms with Crippen LogP contribution in [0.3, 0.4) is 0 Å². The van der Waals surface area contributed by atoms with E-state index in [2.05, 4.69) is 24.0 Å². The molecule has 62 valence electrons. The maximum Gasteiger partial charge on any atom is 0.177 e. The second-order valence-corrected chi connectivity index (χ2v) is 3.34. The monoisotopic (exact) mass is 178 g/mol. The number of nitrogens with one attached hydrogen (secondary N) is 1. The predicted octanol–water partition coefficient (Wildman–Crippen LogP) is 2.54. The lowest BCUT2D eigenvalue weighted by molar-refractivity contribution is 0.927. The highest BCUT2D eigenvalue weighted by molar-refractivity contribution is 7.71. The van der Waals surface area contributed by atoms with Crippen molar-refractivity contribution in [3.63, 3.8) is 0 Å². The van der Waals surface area contributed by atoms with Crippen molar-refractivity contribution in [1.29, 1.82) is 0 Å². The molecule has 1 heterocycles. The van der Waals surface area contributed by atoms with Gasteiger partial charge in [-0.05, 0) is 30.8 Å². The van der Waals surface area contributed by atoms with Crippen molar-refractivity contribution in [1.82, 2.24) is 9.55 Å². The molecule has 1 aromatic heterocycles. The van der Waals surface area contributed by atoms with Crippen LogP contribution in [-0.2, 0) is 7.05 Å². The molecule has 1 aromatic carbocycles. The highest BCUT2D eigenvalue weighted by Crippen LogP contribution is 2.15. The molecule has 0 spiro atoms. The molecule has 12 heavy (non-hydrogen) atoms. The summed E-state index contributed by atoms with van der Waals surface area (Å²) < 4.78 is 2.76. The van der Waals surface area contributed by atoms with Gasteiger partial charge in [0, 0.05) is 7.05 Å². The Morgan fingerprint density at radius 2 is 2.17 bits per heavy atom. The van der Waals surface area contributed by atoms with Crippen LogP contribution in [0.5, 0.6) is 0 Å². The molecule has 0 amide bonds. The van der Waals surface area contributed by atoms with Crippen LogP contribution in [0.25, 0.3) is 11.0 Å². The average Bonchev–Trinajstić information content (AvgIpc) is 2.32. The number of H-pyrrole nitrogens is 1. The topological polar surface area (TPSA) is 20.7 Å². The highest BCUT2D eigenvalue weighted by atomic mass is 32.1. The fourth-order valence-electron chi connectivity index (χ4n) is 1.39. The number of nitrogens with zero attached hydrogens (tertiary/aromatic N) is 1. The Kier molecular flexibility index (Phi) is 1.54. The first-order chi connectivity index (χ1) is 5.70. The van der Waals surface area contributed by atoms with Gasteiger partial charge in [0.2, 0.25) is 0 Å². The summed E-state index contributed by atoms with van der Waals surface area (Å²) in [4.78, 5) is 3.17. The summed E-state index contributed by atoms with van der Waals surface area (Å²) in [6.07, 6.45) is 0. The molecular formula is C9H10N2S. The number of benzene rings is 1. The number of rotatable bonds is 0. The zero-order valence-electron chi connectivity index (χ0n) is 7.09. The molecule has 0 aliphatic heterocycles. The molecule has 0 aliphatic carbocycles. The number of aromatic nitrogens is 2. The summed E-state index contributed by atoms with van der Waals surface area (Å²) in [5, 5.41) is 0. The SMILES string of the molecule is Cc1cccc2c1[nH]c(=S)n2C. The maximum atomic E-state index is 5.12. The van der Waals surface area contributed by atoms with E-state index in [-0.39, 0.29) is 0 Å². The van der Waals surface area contributed by atoms with Crippen molar-refractivity contribution in [2.24, 2.45) is 7.05 Å². The van der Waals surface area contributed by atoms with Crippen molar-refractivity contribution in [2.75, 3.05) is 0 Å². The first-order valence-electron chi connectivity index (χ1n) is 3.84. The molecular weight excluding hydrogens is 168 g/mol. The third kappa shape index (κ3) is 0.898. The first-order valence-corrected chi connectivity index (χ1v) is 4.25. The largest absolute Gasteiger partial charge is 0.330 e. The van der Waals surface area contributed by atoms with Crippen LogP contribution in [0.15, 0.2) is 18.2 Å². The Morgan fingerprint density at radius 3 is 2.83 bits per heavy atom. The van der Waals surface area contributed by atoms with Crippen LogP contribution >= 0.6 is 12.2 Å². The third-order valence-electron chi connectivity index (χ3n) is 2.15. The lowest BCUT2D eigenvalue weighted by atomic mass is 10.2. The van der Waals surface area contributed by atoms with E-state index in [1.54, 1.807) is 0 Å². The van der Waals surface area contributed by atoms with Crippen molar-refractivity contribution in [3.8, 4) is 0 Å². The summed E-state index contributed by atoms with van der Waals surface area (Å²) in [5.74, 6) is 0. The molecule has 0 unspecified atom stereocenters. The van der Waals surface area contributed by atoms with Crippen molar-refractivity contribution >= 4 is 23.3 Å². The normalized spacial score (nSPS) is 10.8. The number of hydrogen-bond acceptors (Lipinski definition) is 1. The minimum atomic E-state index is 0.777. The van der Waals surface area contributed by atoms with E-state index < -0.39 is 0 Å². The zero-order valence-corrected chi connectivity index (χ0v) is 7.90. The summed E-state index contributed by atoms with van der Waals surface area (Å²) in [7, 11) is 1.97. The van der Waals surface area contributed by atoms with Crippen LogP contribution in [0, 0.1) is 11.7 Å². The lowest BCUT2D eigenvalue weighted by Gasteiger charge is -1.95. The number of aromatic amines is 1. The van der Waals surface area contributed by atoms with Crippen LogP contribution in [-0.4, -0.2) is 9.55 Å². The predicted molar refractivity (Wildman–Crippen MR) is 52.8 cm³/mol. The summed E-state index contributed by atoms with van der Waals surface area (Å²) in [5.41, 5.74) is 3.55. The Hall–Kier alpha value is -1.09. The van der Waals surface area contributed by atoms with Crippen molar-refractivity contribution in [2.45, 2.75) is 6.92 Å². The Bertz CT molecular complexity index is 479. The van der Waals surface area contributed by atoms with E-state index in [1.165, 1.54) is 11.1 Å². The van der Waals surface area contributed by atoms with Gasteiger partial charge < -0.3 is 9.55 Å². The molecule has 0 saturated carbocycles. The van der Waals surface area contributed by atoms with Gasteiger partial charge in [-0.3, -0.25) is 0 Å². The van der Waals surface area contributed by atoms with Gasteiger partial charge in [-0.25, -0.2) is 0 Å². The Morgan fingerprint density at radius 1 is 1.42 bits per heavy atom. The zero-order chi connectivity index (χ0) is 8.72. The standard InChI is InChI=1S/C9H10N2S/c1-6-4-3-5-7-8(6)10-9(12)11(7)2/h3-5H,1-2H3,(H,10,12). The Labute approximate surface area is 75.8 Å². The minimum absolute atomic E-state index is 0.777.